The fourth-order valence-electron chi connectivity index (χ4n) is 3.56. The van der Waals surface area contributed by atoms with Gasteiger partial charge in [0.25, 0.3) is 0 Å². The average molecular weight is 341 g/mol. The number of likely N-dealkylation sites (tertiary alicyclic amines) is 1. The Morgan fingerprint density at radius 2 is 2.12 bits per heavy atom. The van der Waals surface area contributed by atoms with Crippen molar-refractivity contribution >= 4 is 11.7 Å². The largest absolute Gasteiger partial charge is 0.356 e. The standard InChI is InChI=1S/C18H20FN5O/c19-14-3-4-15(21-10-14)18-20-7-5-16(22-18)23-9-6-13(11-23)12-24-8-1-2-17(24)25/h3-5,7,10,13H,1-2,6,8-9,11-12H2. The van der Waals surface area contributed by atoms with Gasteiger partial charge in [-0.3, -0.25) is 4.79 Å². The predicted octanol–water partition coefficient (Wildman–Crippen LogP) is 2.13. The normalized spacial score (nSPS) is 20.5. The first-order chi connectivity index (χ1) is 12.2. The summed E-state index contributed by atoms with van der Waals surface area (Å²) in [6.07, 6.45) is 5.60. The van der Waals surface area contributed by atoms with Gasteiger partial charge in [0.15, 0.2) is 5.82 Å². The number of carbonyl (C=O) groups excluding carboxylic acids is 1. The highest BCUT2D eigenvalue weighted by atomic mass is 19.1. The van der Waals surface area contributed by atoms with E-state index in [1.54, 1.807) is 12.3 Å². The van der Waals surface area contributed by atoms with E-state index in [2.05, 4.69) is 19.9 Å². The van der Waals surface area contributed by atoms with E-state index in [1.807, 2.05) is 11.0 Å². The van der Waals surface area contributed by atoms with Gasteiger partial charge in [-0.2, -0.15) is 0 Å². The van der Waals surface area contributed by atoms with Crippen molar-refractivity contribution < 1.29 is 9.18 Å². The molecule has 0 bridgehead atoms. The molecule has 2 saturated heterocycles. The molecule has 0 radical (unpaired) electrons. The molecule has 0 spiro atoms. The van der Waals surface area contributed by atoms with Gasteiger partial charge in [0, 0.05) is 38.8 Å². The van der Waals surface area contributed by atoms with E-state index in [1.165, 1.54) is 12.3 Å². The minimum Gasteiger partial charge on any atom is -0.356 e. The summed E-state index contributed by atoms with van der Waals surface area (Å²) in [4.78, 5) is 28.9. The van der Waals surface area contributed by atoms with E-state index in [9.17, 15) is 9.18 Å². The smallest absolute Gasteiger partial charge is 0.222 e. The first-order valence-corrected chi connectivity index (χ1v) is 8.67. The van der Waals surface area contributed by atoms with E-state index in [0.29, 0.717) is 23.9 Å². The van der Waals surface area contributed by atoms with Gasteiger partial charge in [0.1, 0.15) is 17.3 Å². The van der Waals surface area contributed by atoms with Gasteiger partial charge in [-0.05, 0) is 37.0 Å². The maximum Gasteiger partial charge on any atom is 0.222 e. The van der Waals surface area contributed by atoms with Gasteiger partial charge < -0.3 is 9.80 Å². The summed E-state index contributed by atoms with van der Waals surface area (Å²) >= 11 is 0. The molecule has 1 atom stereocenters. The molecule has 7 heteroatoms. The molecule has 2 aromatic heterocycles. The molecule has 4 rings (SSSR count). The van der Waals surface area contributed by atoms with Crippen LogP contribution in [0.2, 0.25) is 0 Å². The molecule has 2 aliphatic heterocycles. The van der Waals surface area contributed by atoms with Crippen LogP contribution in [0.25, 0.3) is 11.5 Å². The maximum atomic E-state index is 13.0. The van der Waals surface area contributed by atoms with Gasteiger partial charge in [0.2, 0.25) is 5.91 Å². The van der Waals surface area contributed by atoms with Crippen LogP contribution < -0.4 is 4.90 Å². The molecule has 130 valence electrons. The molecule has 1 amide bonds. The summed E-state index contributed by atoms with van der Waals surface area (Å²) in [6, 6.07) is 4.83. The van der Waals surface area contributed by atoms with E-state index in [0.717, 1.165) is 44.8 Å². The topological polar surface area (TPSA) is 62.2 Å². The van der Waals surface area contributed by atoms with Gasteiger partial charge in [-0.25, -0.2) is 19.3 Å². The maximum absolute atomic E-state index is 13.0. The lowest BCUT2D eigenvalue weighted by atomic mass is 10.1. The van der Waals surface area contributed by atoms with Crippen molar-refractivity contribution in [1.82, 2.24) is 19.9 Å². The number of aromatic nitrogens is 3. The monoisotopic (exact) mass is 341 g/mol. The quantitative estimate of drug-likeness (QED) is 0.852. The first-order valence-electron chi connectivity index (χ1n) is 8.67. The van der Waals surface area contributed by atoms with Crippen LogP contribution in [0.5, 0.6) is 0 Å². The van der Waals surface area contributed by atoms with Crippen molar-refractivity contribution in [3.8, 4) is 11.5 Å². The Labute approximate surface area is 145 Å². The lowest BCUT2D eigenvalue weighted by Crippen LogP contribution is -2.32. The SMILES string of the molecule is O=C1CCCN1CC1CCN(c2ccnc(-c3ccc(F)cn3)n2)C1. The van der Waals surface area contributed by atoms with E-state index in [4.69, 9.17) is 0 Å². The minimum absolute atomic E-state index is 0.283. The Bertz CT molecular complexity index is 766. The van der Waals surface area contributed by atoms with Gasteiger partial charge in [-0.1, -0.05) is 0 Å². The number of nitrogens with zero attached hydrogens (tertiary/aromatic N) is 5. The molecule has 4 heterocycles. The Hall–Kier alpha value is -2.57. The second-order valence-corrected chi connectivity index (χ2v) is 6.64. The van der Waals surface area contributed by atoms with E-state index < -0.39 is 0 Å². The molecule has 2 fully saturated rings. The van der Waals surface area contributed by atoms with Crippen molar-refractivity contribution in [2.24, 2.45) is 5.92 Å². The van der Waals surface area contributed by atoms with Crippen LogP contribution in [0.4, 0.5) is 10.2 Å². The summed E-state index contributed by atoms with van der Waals surface area (Å²) in [5.41, 5.74) is 0.557. The zero-order valence-corrected chi connectivity index (χ0v) is 13.9. The second-order valence-electron chi connectivity index (χ2n) is 6.64. The Balaban J connectivity index is 1.45. The Kier molecular flexibility index (Phi) is 4.29. The molecule has 0 saturated carbocycles. The number of halogens is 1. The zero-order valence-electron chi connectivity index (χ0n) is 13.9. The van der Waals surface area contributed by atoms with Gasteiger partial charge >= 0.3 is 0 Å². The van der Waals surface area contributed by atoms with Crippen LogP contribution >= 0.6 is 0 Å². The average Bonchev–Trinajstić information content (AvgIpc) is 3.26. The van der Waals surface area contributed by atoms with Crippen molar-refractivity contribution in [1.29, 1.82) is 0 Å². The van der Waals surface area contributed by atoms with Crippen LogP contribution in [-0.2, 0) is 4.79 Å². The zero-order chi connectivity index (χ0) is 17.2. The Morgan fingerprint density at radius 1 is 1.20 bits per heavy atom. The molecule has 2 aliphatic rings. The number of anilines is 1. The first kappa shape index (κ1) is 15.9. The number of amides is 1. The third-order valence-corrected chi connectivity index (χ3v) is 4.86. The fourth-order valence-corrected chi connectivity index (χ4v) is 3.56. The summed E-state index contributed by atoms with van der Waals surface area (Å²) < 4.78 is 13.0. The number of hydrogen-bond donors (Lipinski definition) is 0. The summed E-state index contributed by atoms with van der Waals surface area (Å²) in [7, 11) is 0. The lowest BCUT2D eigenvalue weighted by molar-refractivity contribution is -0.128. The Morgan fingerprint density at radius 3 is 2.88 bits per heavy atom. The van der Waals surface area contributed by atoms with Crippen molar-refractivity contribution in [2.75, 3.05) is 31.1 Å². The fraction of sp³-hybridized carbons (Fsp3) is 0.444. The molecule has 0 aliphatic carbocycles. The molecule has 2 aromatic rings. The molecular formula is C18H20FN5O. The molecule has 25 heavy (non-hydrogen) atoms. The third-order valence-electron chi connectivity index (χ3n) is 4.86. The van der Waals surface area contributed by atoms with Crippen molar-refractivity contribution in [2.45, 2.75) is 19.3 Å². The van der Waals surface area contributed by atoms with Crippen LogP contribution in [0.3, 0.4) is 0 Å². The number of hydrogen-bond acceptors (Lipinski definition) is 5. The molecule has 0 aromatic carbocycles. The molecule has 0 N–H and O–H groups in total. The second kappa shape index (κ2) is 6.74. The summed E-state index contributed by atoms with van der Waals surface area (Å²) in [5, 5.41) is 0. The van der Waals surface area contributed by atoms with Crippen LogP contribution in [0.15, 0.2) is 30.6 Å². The lowest BCUT2D eigenvalue weighted by Gasteiger charge is -2.21. The third kappa shape index (κ3) is 3.45. The van der Waals surface area contributed by atoms with E-state index in [-0.39, 0.29) is 11.7 Å². The van der Waals surface area contributed by atoms with Gasteiger partial charge in [-0.15, -0.1) is 0 Å². The van der Waals surface area contributed by atoms with Crippen LogP contribution in [-0.4, -0.2) is 51.9 Å². The molecule has 6 nitrogen and oxygen atoms in total. The molecule has 1 unspecified atom stereocenters. The predicted molar refractivity (Wildman–Crippen MR) is 91.4 cm³/mol. The number of rotatable bonds is 4. The van der Waals surface area contributed by atoms with Gasteiger partial charge in [0.05, 0.1) is 6.20 Å². The summed E-state index contributed by atoms with van der Waals surface area (Å²) in [5.74, 6) is 1.73. The highest BCUT2D eigenvalue weighted by molar-refractivity contribution is 5.78. The minimum atomic E-state index is -0.376. The molecular weight excluding hydrogens is 321 g/mol. The van der Waals surface area contributed by atoms with E-state index >= 15 is 0 Å². The number of pyridine rings is 1. The van der Waals surface area contributed by atoms with Crippen molar-refractivity contribution in [3.05, 3.63) is 36.4 Å². The number of carbonyl (C=O) groups is 1. The van der Waals surface area contributed by atoms with Crippen LogP contribution in [0, 0.1) is 11.7 Å². The van der Waals surface area contributed by atoms with Crippen molar-refractivity contribution in [3.63, 3.8) is 0 Å². The highest BCUT2D eigenvalue weighted by Gasteiger charge is 2.29. The van der Waals surface area contributed by atoms with Crippen LogP contribution in [0.1, 0.15) is 19.3 Å². The highest BCUT2D eigenvalue weighted by Crippen LogP contribution is 2.25. The summed E-state index contributed by atoms with van der Waals surface area (Å²) in [6.45, 7) is 3.53.